The predicted octanol–water partition coefficient (Wildman–Crippen LogP) is 3.28. The van der Waals surface area contributed by atoms with Crippen LogP contribution in [0.25, 0.3) is 17.0 Å². The van der Waals surface area contributed by atoms with E-state index in [0.29, 0.717) is 35.1 Å². The third-order valence-corrected chi connectivity index (χ3v) is 7.38. The van der Waals surface area contributed by atoms with Crippen LogP contribution in [0, 0.1) is 0 Å². The van der Waals surface area contributed by atoms with E-state index >= 15 is 0 Å². The minimum Gasteiger partial charge on any atom is -0.475 e. The van der Waals surface area contributed by atoms with Crippen LogP contribution >= 0.6 is 0 Å². The first-order valence-electron chi connectivity index (χ1n) is 13.4. The van der Waals surface area contributed by atoms with E-state index in [1.807, 2.05) is 31.3 Å². The molecule has 2 aliphatic rings. The van der Waals surface area contributed by atoms with E-state index in [1.165, 1.54) is 12.4 Å². The molecule has 0 saturated heterocycles. The van der Waals surface area contributed by atoms with E-state index < -0.39 is 12.1 Å². The van der Waals surface area contributed by atoms with Crippen LogP contribution in [0.3, 0.4) is 0 Å². The predicted molar refractivity (Wildman–Crippen MR) is 151 cm³/mol. The van der Waals surface area contributed by atoms with E-state index in [0.717, 1.165) is 48.1 Å². The normalized spacial score (nSPS) is 17.2. The van der Waals surface area contributed by atoms with Gasteiger partial charge in [-0.2, -0.15) is 13.2 Å². The molecule has 1 saturated carbocycles. The van der Waals surface area contributed by atoms with Crippen molar-refractivity contribution >= 4 is 41.0 Å². The number of anilines is 3. The monoisotopic (exact) mass is 612 g/mol. The molecule has 4 heterocycles. The number of amides is 1. The highest BCUT2D eigenvalue weighted by atomic mass is 19.4. The number of hydrogen-bond donors (Lipinski definition) is 3. The van der Waals surface area contributed by atoms with E-state index in [1.54, 1.807) is 17.8 Å². The van der Waals surface area contributed by atoms with Gasteiger partial charge in [0, 0.05) is 50.4 Å². The van der Waals surface area contributed by atoms with Crippen molar-refractivity contribution in [2.75, 3.05) is 30.9 Å². The Morgan fingerprint density at radius 1 is 1.14 bits per heavy atom. The maximum atomic E-state index is 13.1. The van der Waals surface area contributed by atoms with Crippen molar-refractivity contribution in [3.63, 3.8) is 0 Å². The van der Waals surface area contributed by atoms with E-state index in [-0.39, 0.29) is 18.1 Å². The Kier molecular flexibility index (Phi) is 8.44. The summed E-state index contributed by atoms with van der Waals surface area (Å²) in [5.74, 6) is -1.73. The number of carbonyl (C=O) groups excluding carboxylic acids is 2. The molecule has 1 aliphatic carbocycles. The van der Waals surface area contributed by atoms with Crippen LogP contribution in [-0.4, -0.2) is 86.9 Å². The topological polar surface area (TPSA) is 164 Å². The van der Waals surface area contributed by atoms with Crippen LogP contribution in [-0.2, 0) is 16.0 Å². The van der Waals surface area contributed by atoms with E-state index in [4.69, 9.17) is 19.7 Å². The first-order valence-corrected chi connectivity index (χ1v) is 13.4. The number of benzene rings is 1. The number of aliphatic carboxylic acids is 1. The Labute approximate surface area is 248 Å². The zero-order valence-corrected chi connectivity index (χ0v) is 23.5. The van der Waals surface area contributed by atoms with Gasteiger partial charge in [0.15, 0.2) is 29.3 Å². The summed E-state index contributed by atoms with van der Waals surface area (Å²) >= 11 is 0. The molecule has 1 aliphatic heterocycles. The minimum absolute atomic E-state index is 0.0123. The number of nitrogens with one attached hydrogen (secondary N) is 2. The first kappa shape index (κ1) is 30.3. The lowest BCUT2D eigenvalue weighted by Crippen LogP contribution is -2.51. The van der Waals surface area contributed by atoms with Crippen LogP contribution in [0.5, 0.6) is 0 Å². The molecule has 2 atom stereocenters. The van der Waals surface area contributed by atoms with Gasteiger partial charge < -0.3 is 25.4 Å². The summed E-state index contributed by atoms with van der Waals surface area (Å²) < 4.78 is 38.8. The molecule has 4 aromatic rings. The summed E-state index contributed by atoms with van der Waals surface area (Å²) in [5, 5.41) is 18.2. The zero-order chi connectivity index (χ0) is 31.6. The largest absolute Gasteiger partial charge is 0.490 e. The zero-order valence-electron chi connectivity index (χ0n) is 23.5. The highest BCUT2D eigenvalue weighted by Gasteiger charge is 2.38. The molecule has 0 radical (unpaired) electrons. The van der Waals surface area contributed by atoms with Gasteiger partial charge in [-0.1, -0.05) is 12.1 Å². The van der Waals surface area contributed by atoms with Crippen LogP contribution in [0.1, 0.15) is 39.3 Å². The standard InChI is InChI=1S/C26H26N8O3.C2HF3O2/c1-27-19-10-23(32-34-21(13-30-25(19)34)26(36)31-18-6-7-22(18)37-2)33-9-8-16-17(4-3-5-20(16)33)24-28-11-15(14-35)12-29-24;3-2(4,5)1(6)7/h3-5,10-14,18,22,27H,6-9H2,1-2H3,(H,31,36);(H,6,7)/t18-,22-;/m1./s1. The number of carbonyl (C=O) groups is 3. The number of hydrogen-bond acceptors (Lipinski definition) is 10. The first-order chi connectivity index (χ1) is 21.0. The van der Waals surface area contributed by atoms with Crippen molar-refractivity contribution in [2.24, 2.45) is 0 Å². The molecular formula is C28H27F3N8O5. The van der Waals surface area contributed by atoms with Crippen molar-refractivity contribution in [1.29, 1.82) is 0 Å². The molecular weight excluding hydrogens is 585 g/mol. The molecule has 1 amide bonds. The number of rotatable bonds is 7. The van der Waals surface area contributed by atoms with Crippen molar-refractivity contribution in [2.45, 2.75) is 37.6 Å². The Bertz CT molecular complexity index is 1710. The summed E-state index contributed by atoms with van der Waals surface area (Å²) in [5.41, 5.74) is 5.16. The lowest BCUT2D eigenvalue weighted by atomic mass is 9.89. The quantitative estimate of drug-likeness (QED) is 0.263. The summed E-state index contributed by atoms with van der Waals surface area (Å²) in [6, 6.07) is 7.91. The fourth-order valence-electron chi connectivity index (χ4n) is 5.00. The van der Waals surface area contributed by atoms with Crippen LogP contribution in [0.15, 0.2) is 42.9 Å². The summed E-state index contributed by atoms with van der Waals surface area (Å²) in [6.07, 6.45) is 2.89. The van der Waals surface area contributed by atoms with Crippen molar-refractivity contribution in [3.05, 3.63) is 59.7 Å². The molecule has 16 heteroatoms. The molecule has 6 rings (SSSR count). The van der Waals surface area contributed by atoms with E-state index in [2.05, 4.69) is 30.5 Å². The third kappa shape index (κ3) is 5.88. The lowest BCUT2D eigenvalue weighted by molar-refractivity contribution is -0.192. The summed E-state index contributed by atoms with van der Waals surface area (Å²) in [6.45, 7) is 0.703. The van der Waals surface area contributed by atoms with Gasteiger partial charge >= 0.3 is 12.1 Å². The molecule has 13 nitrogen and oxygen atoms in total. The molecule has 1 fully saturated rings. The van der Waals surface area contributed by atoms with Gasteiger partial charge in [-0.25, -0.2) is 24.3 Å². The highest BCUT2D eigenvalue weighted by molar-refractivity contribution is 5.94. The van der Waals surface area contributed by atoms with Gasteiger partial charge in [0.1, 0.15) is 0 Å². The Morgan fingerprint density at radius 3 is 2.45 bits per heavy atom. The maximum absolute atomic E-state index is 13.1. The fraction of sp³-hybridized carbons (Fsp3) is 0.321. The molecule has 3 aromatic heterocycles. The number of alkyl halides is 3. The minimum atomic E-state index is -5.08. The second-order valence-corrected chi connectivity index (χ2v) is 9.94. The van der Waals surface area contributed by atoms with Gasteiger partial charge in [-0.05, 0) is 30.9 Å². The number of fused-ring (bicyclic) bond motifs is 2. The Balaban J connectivity index is 0.000000493. The van der Waals surface area contributed by atoms with Gasteiger partial charge in [-0.15, -0.1) is 5.10 Å². The molecule has 0 bridgehead atoms. The molecule has 1 aromatic carbocycles. The smallest absolute Gasteiger partial charge is 0.475 e. The molecule has 44 heavy (non-hydrogen) atoms. The Morgan fingerprint density at radius 2 is 1.86 bits per heavy atom. The molecule has 0 unspecified atom stereocenters. The fourth-order valence-corrected chi connectivity index (χ4v) is 5.00. The highest BCUT2D eigenvalue weighted by Crippen LogP contribution is 2.39. The number of methoxy groups -OCH3 is 1. The number of aldehydes is 1. The van der Waals surface area contributed by atoms with Crippen LogP contribution < -0.4 is 15.5 Å². The third-order valence-electron chi connectivity index (χ3n) is 7.38. The number of carboxylic acids is 1. The number of nitrogens with zero attached hydrogens (tertiary/aromatic N) is 6. The maximum Gasteiger partial charge on any atom is 0.490 e. The lowest BCUT2D eigenvalue weighted by Gasteiger charge is -2.35. The van der Waals surface area contributed by atoms with Crippen molar-refractivity contribution in [1.82, 2.24) is 29.9 Å². The number of halogens is 3. The second-order valence-electron chi connectivity index (χ2n) is 9.94. The van der Waals surface area contributed by atoms with Crippen molar-refractivity contribution in [3.8, 4) is 11.4 Å². The average Bonchev–Trinajstić information content (AvgIpc) is 3.63. The number of aromatic nitrogens is 5. The molecule has 0 spiro atoms. The SMILES string of the molecule is CNc1cc(N2CCc3c(-c4ncc(C=O)cn4)cccc32)nn2c(C(=O)N[C@@H]3CC[C@H]3OC)cnc12.O=C(O)C(F)(F)F. The van der Waals surface area contributed by atoms with Gasteiger partial charge in [0.05, 0.1) is 29.6 Å². The second kappa shape index (κ2) is 12.2. The summed E-state index contributed by atoms with van der Waals surface area (Å²) in [4.78, 5) is 48.4. The molecule has 230 valence electrons. The number of ether oxygens (including phenoxy) is 1. The number of carboxylic acid groups (broad SMARTS) is 1. The summed E-state index contributed by atoms with van der Waals surface area (Å²) in [7, 11) is 3.48. The average molecular weight is 613 g/mol. The van der Waals surface area contributed by atoms with E-state index in [9.17, 15) is 22.8 Å². The van der Waals surface area contributed by atoms with Gasteiger partial charge in [-0.3, -0.25) is 9.59 Å². The van der Waals surface area contributed by atoms with Crippen molar-refractivity contribution < 1.29 is 37.4 Å². The van der Waals surface area contributed by atoms with Crippen LogP contribution in [0.4, 0.5) is 30.4 Å². The number of imidazole rings is 1. The van der Waals surface area contributed by atoms with Crippen LogP contribution in [0.2, 0.25) is 0 Å². The van der Waals surface area contributed by atoms with Gasteiger partial charge in [0.25, 0.3) is 5.91 Å². The molecule has 3 N–H and O–H groups in total. The Hall–Kier alpha value is -5.12. The van der Waals surface area contributed by atoms with Gasteiger partial charge in [0.2, 0.25) is 0 Å².